The van der Waals surface area contributed by atoms with Crippen LogP contribution in [0.15, 0.2) is 48.5 Å². The average molecular weight is 265 g/mol. The van der Waals surface area contributed by atoms with Crippen molar-refractivity contribution >= 4 is 33.4 Å². The van der Waals surface area contributed by atoms with E-state index in [2.05, 4.69) is 0 Å². The second-order valence-corrected chi connectivity index (χ2v) is 4.58. The first kappa shape index (κ1) is 12.2. The van der Waals surface area contributed by atoms with Crippen molar-refractivity contribution in [2.24, 2.45) is 5.73 Å². The average Bonchev–Trinajstić information content (AvgIpc) is 2.43. The number of aromatic carboxylic acids is 1. The van der Waals surface area contributed by atoms with Gasteiger partial charge < -0.3 is 10.8 Å². The van der Waals surface area contributed by atoms with Crippen LogP contribution in [0.1, 0.15) is 20.7 Å². The van der Waals surface area contributed by atoms with Crippen molar-refractivity contribution in [3.63, 3.8) is 0 Å². The minimum Gasteiger partial charge on any atom is -0.478 e. The van der Waals surface area contributed by atoms with Crippen molar-refractivity contribution in [3.8, 4) is 0 Å². The summed E-state index contributed by atoms with van der Waals surface area (Å²) in [5.41, 5.74) is 5.35. The van der Waals surface area contributed by atoms with Crippen LogP contribution in [0.3, 0.4) is 0 Å². The van der Waals surface area contributed by atoms with Crippen molar-refractivity contribution in [1.82, 2.24) is 0 Å². The second-order valence-electron chi connectivity index (χ2n) is 4.58. The van der Waals surface area contributed by atoms with Gasteiger partial charge in [0.15, 0.2) is 0 Å². The summed E-state index contributed by atoms with van der Waals surface area (Å²) in [6.45, 7) is 0. The molecule has 4 nitrogen and oxygen atoms in total. The molecule has 0 aromatic heterocycles. The third-order valence-corrected chi connectivity index (χ3v) is 3.36. The Morgan fingerprint density at radius 2 is 1.55 bits per heavy atom. The van der Waals surface area contributed by atoms with Gasteiger partial charge in [0, 0.05) is 0 Å². The van der Waals surface area contributed by atoms with Crippen LogP contribution >= 0.6 is 0 Å². The van der Waals surface area contributed by atoms with Crippen LogP contribution < -0.4 is 5.73 Å². The topological polar surface area (TPSA) is 80.4 Å². The van der Waals surface area contributed by atoms with Crippen LogP contribution in [0.4, 0.5) is 0 Å². The number of carbonyl (C=O) groups is 2. The Kier molecular flexibility index (Phi) is 2.64. The Labute approximate surface area is 114 Å². The lowest BCUT2D eigenvalue weighted by atomic mass is 9.95. The number of primary amides is 1. The zero-order valence-electron chi connectivity index (χ0n) is 10.5. The number of carboxylic acids is 1. The van der Waals surface area contributed by atoms with Crippen LogP contribution in [0.25, 0.3) is 21.5 Å². The molecular weight excluding hydrogens is 254 g/mol. The SMILES string of the molecule is NC(=O)c1c(C(=O)O)ccc2cc3ccccc3cc12. The predicted octanol–water partition coefficient (Wildman–Crippen LogP) is 2.79. The lowest BCUT2D eigenvalue weighted by Gasteiger charge is -2.09. The van der Waals surface area contributed by atoms with E-state index in [1.54, 1.807) is 12.1 Å². The Morgan fingerprint density at radius 1 is 0.900 bits per heavy atom. The standard InChI is InChI=1S/C16H11NO3/c17-15(18)14-12(16(19)20)6-5-11-7-9-3-1-2-4-10(9)8-13(11)14/h1-8H,(H2,17,18)(H,19,20). The Morgan fingerprint density at radius 3 is 2.15 bits per heavy atom. The first-order chi connectivity index (χ1) is 9.58. The number of carbonyl (C=O) groups excluding carboxylic acids is 1. The monoisotopic (exact) mass is 265 g/mol. The normalized spacial score (nSPS) is 10.8. The Balaban J connectivity index is 2.49. The molecular formula is C16H11NO3. The molecule has 3 rings (SSSR count). The van der Waals surface area contributed by atoms with Crippen LogP contribution in [0, 0.1) is 0 Å². The van der Waals surface area contributed by atoms with E-state index in [9.17, 15) is 14.7 Å². The van der Waals surface area contributed by atoms with Gasteiger partial charge in [-0.05, 0) is 39.7 Å². The molecule has 20 heavy (non-hydrogen) atoms. The van der Waals surface area contributed by atoms with Crippen molar-refractivity contribution in [2.45, 2.75) is 0 Å². The molecule has 0 aliphatic rings. The Hall–Kier alpha value is -2.88. The summed E-state index contributed by atoms with van der Waals surface area (Å²) < 4.78 is 0. The molecule has 3 N–H and O–H groups in total. The molecule has 0 radical (unpaired) electrons. The zero-order valence-corrected chi connectivity index (χ0v) is 10.5. The first-order valence-corrected chi connectivity index (χ1v) is 6.06. The number of benzene rings is 3. The highest BCUT2D eigenvalue weighted by Gasteiger charge is 2.17. The fraction of sp³-hybridized carbons (Fsp3) is 0. The van der Waals surface area contributed by atoms with Crippen molar-refractivity contribution < 1.29 is 14.7 Å². The quantitative estimate of drug-likeness (QED) is 0.699. The van der Waals surface area contributed by atoms with Crippen molar-refractivity contribution in [1.29, 1.82) is 0 Å². The third kappa shape index (κ3) is 1.78. The van der Waals surface area contributed by atoms with E-state index in [1.165, 1.54) is 6.07 Å². The molecule has 0 bridgehead atoms. The highest BCUT2D eigenvalue weighted by atomic mass is 16.4. The highest BCUT2D eigenvalue weighted by molar-refractivity contribution is 6.15. The van der Waals surface area contributed by atoms with E-state index in [4.69, 9.17) is 5.73 Å². The van der Waals surface area contributed by atoms with Crippen LogP contribution in [-0.4, -0.2) is 17.0 Å². The summed E-state index contributed by atoms with van der Waals surface area (Å²) in [6.07, 6.45) is 0. The van der Waals surface area contributed by atoms with Crippen LogP contribution in [-0.2, 0) is 0 Å². The van der Waals surface area contributed by atoms with E-state index in [1.807, 2.05) is 30.3 Å². The number of amides is 1. The van der Waals surface area contributed by atoms with Gasteiger partial charge in [-0.3, -0.25) is 4.79 Å². The molecule has 0 spiro atoms. The van der Waals surface area contributed by atoms with Gasteiger partial charge in [0.1, 0.15) is 0 Å². The number of nitrogens with two attached hydrogens (primary N) is 1. The summed E-state index contributed by atoms with van der Waals surface area (Å²) in [5, 5.41) is 12.5. The van der Waals surface area contributed by atoms with Gasteiger partial charge in [0.25, 0.3) is 0 Å². The highest BCUT2D eigenvalue weighted by Crippen LogP contribution is 2.27. The molecule has 0 unspecified atom stereocenters. The number of fused-ring (bicyclic) bond motifs is 2. The molecule has 0 atom stereocenters. The summed E-state index contributed by atoms with van der Waals surface area (Å²) in [7, 11) is 0. The first-order valence-electron chi connectivity index (χ1n) is 6.06. The van der Waals surface area contributed by atoms with Gasteiger partial charge in [0.05, 0.1) is 11.1 Å². The van der Waals surface area contributed by atoms with Gasteiger partial charge in [0.2, 0.25) is 5.91 Å². The van der Waals surface area contributed by atoms with E-state index < -0.39 is 11.9 Å². The Bertz CT molecular complexity index is 868. The van der Waals surface area contributed by atoms with Gasteiger partial charge in [-0.1, -0.05) is 30.3 Å². The summed E-state index contributed by atoms with van der Waals surface area (Å²) in [5.74, 6) is -1.89. The maximum atomic E-state index is 11.6. The predicted molar refractivity (Wildman–Crippen MR) is 76.9 cm³/mol. The second kappa shape index (κ2) is 4.35. The van der Waals surface area contributed by atoms with Gasteiger partial charge in [-0.2, -0.15) is 0 Å². The number of carboxylic acid groups (broad SMARTS) is 1. The lowest BCUT2D eigenvalue weighted by molar-refractivity contribution is 0.0692. The minimum atomic E-state index is -1.16. The van der Waals surface area contributed by atoms with E-state index >= 15 is 0 Å². The maximum absolute atomic E-state index is 11.6. The largest absolute Gasteiger partial charge is 0.478 e. The molecule has 0 heterocycles. The molecule has 0 fully saturated rings. The zero-order chi connectivity index (χ0) is 14.3. The summed E-state index contributed by atoms with van der Waals surface area (Å²) in [6, 6.07) is 14.5. The summed E-state index contributed by atoms with van der Waals surface area (Å²) in [4.78, 5) is 22.9. The van der Waals surface area contributed by atoms with Crippen LogP contribution in [0.2, 0.25) is 0 Å². The molecule has 4 heteroatoms. The van der Waals surface area contributed by atoms with Crippen molar-refractivity contribution in [2.75, 3.05) is 0 Å². The minimum absolute atomic E-state index is 0.0563. The number of rotatable bonds is 2. The molecule has 98 valence electrons. The van der Waals surface area contributed by atoms with Crippen LogP contribution in [0.5, 0.6) is 0 Å². The molecule has 1 amide bonds. The number of hydrogen-bond donors (Lipinski definition) is 2. The van der Waals surface area contributed by atoms with Gasteiger partial charge >= 0.3 is 5.97 Å². The molecule has 3 aromatic carbocycles. The van der Waals surface area contributed by atoms with Gasteiger partial charge in [-0.25, -0.2) is 4.79 Å². The molecule has 0 aliphatic carbocycles. The molecule has 0 aliphatic heterocycles. The fourth-order valence-electron chi connectivity index (χ4n) is 2.46. The smallest absolute Gasteiger partial charge is 0.336 e. The molecule has 3 aromatic rings. The van der Waals surface area contributed by atoms with Crippen molar-refractivity contribution in [3.05, 3.63) is 59.7 Å². The maximum Gasteiger partial charge on any atom is 0.336 e. The third-order valence-electron chi connectivity index (χ3n) is 3.36. The van der Waals surface area contributed by atoms with Gasteiger partial charge in [-0.15, -0.1) is 0 Å². The lowest BCUT2D eigenvalue weighted by Crippen LogP contribution is -2.16. The summed E-state index contributed by atoms with van der Waals surface area (Å²) >= 11 is 0. The number of hydrogen-bond acceptors (Lipinski definition) is 2. The van der Waals surface area contributed by atoms with E-state index in [-0.39, 0.29) is 11.1 Å². The molecule has 0 saturated heterocycles. The molecule has 0 saturated carbocycles. The van der Waals surface area contributed by atoms with E-state index in [0.29, 0.717) is 5.39 Å². The van der Waals surface area contributed by atoms with E-state index in [0.717, 1.165) is 16.2 Å². The fourth-order valence-corrected chi connectivity index (χ4v) is 2.46.